The van der Waals surface area contributed by atoms with Gasteiger partial charge < -0.3 is 10.6 Å². The van der Waals surface area contributed by atoms with Crippen LogP contribution in [-0.4, -0.2) is 32.5 Å². The molecule has 5 rings (SSSR count). The SMILES string of the molecule is CC(Nc1cc(NC2CC2)n2ncc(/C=C3\CC(=O)NC3=O)c2n1)c1cc(F)cc(F)c1. The molecule has 1 atom stereocenters. The molecule has 0 radical (unpaired) electrons. The molecule has 2 aliphatic rings. The Morgan fingerprint density at radius 1 is 1.19 bits per heavy atom. The zero-order valence-electron chi connectivity index (χ0n) is 17.2. The van der Waals surface area contributed by atoms with E-state index in [1.54, 1.807) is 29.8 Å². The van der Waals surface area contributed by atoms with Crippen molar-refractivity contribution in [3.63, 3.8) is 0 Å². The topological polar surface area (TPSA) is 100 Å². The predicted molar refractivity (Wildman–Crippen MR) is 114 cm³/mol. The molecular formula is C22H20F2N6O2. The summed E-state index contributed by atoms with van der Waals surface area (Å²) in [5.74, 6) is -0.898. The van der Waals surface area contributed by atoms with Crippen LogP contribution in [-0.2, 0) is 9.59 Å². The van der Waals surface area contributed by atoms with Gasteiger partial charge in [0, 0.05) is 29.3 Å². The molecule has 1 saturated heterocycles. The summed E-state index contributed by atoms with van der Waals surface area (Å²) in [4.78, 5) is 28.1. The van der Waals surface area contributed by atoms with Crippen molar-refractivity contribution in [2.45, 2.75) is 38.3 Å². The smallest absolute Gasteiger partial charge is 0.254 e. The molecule has 2 aromatic heterocycles. The lowest BCUT2D eigenvalue weighted by Gasteiger charge is -2.17. The minimum atomic E-state index is -0.651. The molecule has 3 N–H and O–H groups in total. The second kappa shape index (κ2) is 7.70. The summed E-state index contributed by atoms with van der Waals surface area (Å²) in [6.45, 7) is 1.78. The lowest BCUT2D eigenvalue weighted by Crippen LogP contribution is -2.19. The van der Waals surface area contributed by atoms with Gasteiger partial charge in [-0.15, -0.1) is 0 Å². The maximum Gasteiger partial charge on any atom is 0.254 e. The summed E-state index contributed by atoms with van der Waals surface area (Å²) in [6.07, 6.45) is 5.28. The van der Waals surface area contributed by atoms with E-state index >= 15 is 0 Å². The second-order valence-corrected chi connectivity index (χ2v) is 8.07. The Bertz CT molecular complexity index is 1260. The molecule has 3 heterocycles. The first-order valence-corrected chi connectivity index (χ1v) is 10.3. The number of aromatic nitrogens is 3. The van der Waals surface area contributed by atoms with Gasteiger partial charge in [0.15, 0.2) is 5.65 Å². The number of hydrogen-bond acceptors (Lipinski definition) is 6. The Kier molecular flexibility index (Phi) is 4.84. The van der Waals surface area contributed by atoms with E-state index in [1.165, 1.54) is 12.1 Å². The fraction of sp³-hybridized carbons (Fsp3) is 0.273. The van der Waals surface area contributed by atoms with Crippen LogP contribution in [0.2, 0.25) is 0 Å². The summed E-state index contributed by atoms with van der Waals surface area (Å²) in [7, 11) is 0. The van der Waals surface area contributed by atoms with Gasteiger partial charge >= 0.3 is 0 Å². The first-order chi connectivity index (χ1) is 15.4. The Balaban J connectivity index is 1.53. The maximum atomic E-state index is 13.6. The van der Waals surface area contributed by atoms with Crippen LogP contribution < -0.4 is 16.0 Å². The van der Waals surface area contributed by atoms with E-state index < -0.39 is 23.6 Å². The third-order valence-corrected chi connectivity index (χ3v) is 5.40. The average Bonchev–Trinajstić information content (AvgIpc) is 3.36. The quantitative estimate of drug-likeness (QED) is 0.404. The van der Waals surface area contributed by atoms with Crippen molar-refractivity contribution in [3.05, 3.63) is 58.8 Å². The summed E-state index contributed by atoms with van der Waals surface area (Å²) in [5, 5.41) is 13.2. The number of carbonyl (C=O) groups excluding carboxylic acids is 2. The van der Waals surface area contributed by atoms with Gasteiger partial charge in [0.25, 0.3) is 5.91 Å². The molecule has 3 aromatic rings. The largest absolute Gasteiger partial charge is 0.367 e. The number of carbonyl (C=O) groups is 2. The molecule has 2 fully saturated rings. The zero-order chi connectivity index (χ0) is 22.4. The van der Waals surface area contributed by atoms with E-state index in [1.807, 2.05) is 0 Å². The van der Waals surface area contributed by atoms with Gasteiger partial charge in [-0.25, -0.2) is 13.8 Å². The van der Waals surface area contributed by atoms with Gasteiger partial charge in [0.1, 0.15) is 23.3 Å². The van der Waals surface area contributed by atoms with E-state index in [0.29, 0.717) is 40.0 Å². The summed E-state index contributed by atoms with van der Waals surface area (Å²) < 4.78 is 28.9. The van der Waals surface area contributed by atoms with Crippen molar-refractivity contribution >= 4 is 35.2 Å². The standard InChI is InChI=1S/C22H20F2N6O2/c1-11(12-5-15(23)8-16(24)6-12)26-18-9-19(27-17-2-3-17)30-21(28-18)14(10-25-30)4-13-7-20(31)29-22(13)32/h4-6,8-11,17,27H,2-3,7H2,1H3,(H,26,28)(H,29,31,32)/b13-4+. The van der Waals surface area contributed by atoms with Crippen molar-refractivity contribution in [1.82, 2.24) is 19.9 Å². The normalized spacial score (nSPS) is 18.3. The van der Waals surface area contributed by atoms with Gasteiger partial charge in [0.2, 0.25) is 5.91 Å². The highest BCUT2D eigenvalue weighted by molar-refractivity contribution is 6.15. The molecule has 1 saturated carbocycles. The number of rotatable bonds is 6. The van der Waals surface area contributed by atoms with E-state index in [4.69, 9.17) is 0 Å². The van der Waals surface area contributed by atoms with E-state index in [9.17, 15) is 18.4 Å². The van der Waals surface area contributed by atoms with Gasteiger partial charge in [-0.1, -0.05) is 0 Å². The van der Waals surface area contributed by atoms with Crippen LogP contribution in [0.3, 0.4) is 0 Å². The number of hydrogen-bond donors (Lipinski definition) is 3. The zero-order valence-corrected chi connectivity index (χ0v) is 17.2. The molecule has 164 valence electrons. The molecule has 8 nitrogen and oxygen atoms in total. The minimum Gasteiger partial charge on any atom is -0.367 e. The van der Waals surface area contributed by atoms with Gasteiger partial charge in [-0.3, -0.25) is 14.9 Å². The predicted octanol–water partition coefficient (Wildman–Crippen LogP) is 3.18. The number of halogens is 2. The monoisotopic (exact) mass is 438 g/mol. The number of nitrogens with one attached hydrogen (secondary N) is 3. The molecule has 0 spiro atoms. The third-order valence-electron chi connectivity index (χ3n) is 5.40. The van der Waals surface area contributed by atoms with Crippen molar-refractivity contribution in [1.29, 1.82) is 0 Å². The van der Waals surface area contributed by atoms with Crippen LogP contribution in [0.5, 0.6) is 0 Å². The molecule has 10 heteroatoms. The summed E-state index contributed by atoms with van der Waals surface area (Å²) >= 11 is 0. The van der Waals surface area contributed by atoms with Crippen LogP contribution in [0.1, 0.15) is 43.4 Å². The van der Waals surface area contributed by atoms with Crippen LogP contribution in [0.4, 0.5) is 20.4 Å². The molecule has 1 aliphatic carbocycles. The number of imide groups is 1. The highest BCUT2D eigenvalue weighted by Gasteiger charge is 2.26. The lowest BCUT2D eigenvalue weighted by atomic mass is 10.1. The number of amides is 2. The lowest BCUT2D eigenvalue weighted by molar-refractivity contribution is -0.124. The van der Waals surface area contributed by atoms with E-state index in [-0.39, 0.29) is 12.3 Å². The van der Waals surface area contributed by atoms with Gasteiger partial charge in [-0.05, 0) is 43.5 Å². The highest BCUT2D eigenvalue weighted by atomic mass is 19.1. The number of nitrogens with zero attached hydrogens (tertiary/aromatic N) is 3. The van der Waals surface area contributed by atoms with Crippen molar-refractivity contribution in [2.24, 2.45) is 0 Å². The Morgan fingerprint density at radius 3 is 2.59 bits per heavy atom. The Morgan fingerprint density at radius 2 is 1.94 bits per heavy atom. The first kappa shape index (κ1) is 20.1. The second-order valence-electron chi connectivity index (χ2n) is 8.07. The van der Waals surface area contributed by atoms with E-state index in [0.717, 1.165) is 18.9 Å². The van der Waals surface area contributed by atoms with Crippen LogP contribution in [0, 0.1) is 11.6 Å². The Labute approximate surface area is 181 Å². The van der Waals surface area contributed by atoms with Gasteiger partial charge in [0.05, 0.1) is 18.7 Å². The molecule has 2 amide bonds. The first-order valence-electron chi connectivity index (χ1n) is 10.3. The van der Waals surface area contributed by atoms with E-state index in [2.05, 4.69) is 26.0 Å². The van der Waals surface area contributed by atoms with Crippen LogP contribution in [0.25, 0.3) is 11.7 Å². The molecule has 1 aromatic carbocycles. The fourth-order valence-electron chi connectivity index (χ4n) is 3.63. The molecular weight excluding hydrogens is 418 g/mol. The molecule has 0 bridgehead atoms. The molecule has 32 heavy (non-hydrogen) atoms. The van der Waals surface area contributed by atoms with Crippen molar-refractivity contribution in [2.75, 3.05) is 10.6 Å². The van der Waals surface area contributed by atoms with Crippen LogP contribution >= 0.6 is 0 Å². The fourth-order valence-corrected chi connectivity index (χ4v) is 3.63. The molecule has 1 aliphatic heterocycles. The maximum absolute atomic E-state index is 13.6. The summed E-state index contributed by atoms with van der Waals surface area (Å²) in [6, 6.07) is 5.07. The van der Waals surface area contributed by atoms with Gasteiger partial charge in [-0.2, -0.15) is 9.61 Å². The third kappa shape index (κ3) is 4.03. The highest BCUT2D eigenvalue weighted by Crippen LogP contribution is 2.29. The molecule has 1 unspecified atom stereocenters. The Hall–Kier alpha value is -3.82. The number of benzene rings is 1. The number of fused-ring (bicyclic) bond motifs is 1. The number of anilines is 2. The van der Waals surface area contributed by atoms with Crippen LogP contribution in [0.15, 0.2) is 36.0 Å². The van der Waals surface area contributed by atoms with Crippen molar-refractivity contribution < 1.29 is 18.4 Å². The van der Waals surface area contributed by atoms with Crippen molar-refractivity contribution in [3.8, 4) is 0 Å². The minimum absolute atomic E-state index is 0.00344. The summed E-state index contributed by atoms with van der Waals surface area (Å²) in [5.41, 5.74) is 1.84. The average molecular weight is 438 g/mol.